The molecule has 0 heterocycles. The number of carbonyl (C=O) groups is 1. The zero-order chi connectivity index (χ0) is 10.1. The first-order chi connectivity index (χ1) is 5.45. The van der Waals surface area contributed by atoms with Crippen molar-refractivity contribution in [1.29, 1.82) is 0 Å². The van der Waals surface area contributed by atoms with E-state index >= 15 is 0 Å². The summed E-state index contributed by atoms with van der Waals surface area (Å²) in [6.07, 6.45) is -0.954. The van der Waals surface area contributed by atoms with E-state index in [4.69, 9.17) is 20.4 Å². The fourth-order valence-corrected chi connectivity index (χ4v) is 0.0577. The molecule has 4 N–H and O–H groups in total. The van der Waals surface area contributed by atoms with Crippen molar-refractivity contribution in [3.63, 3.8) is 0 Å². The number of thiol groups is 1. The van der Waals surface area contributed by atoms with Crippen molar-refractivity contribution in [3.8, 4) is 0 Å². The average molecular weight is 196 g/mol. The lowest BCUT2D eigenvalue weighted by molar-refractivity contribution is -0.131. The average Bonchev–Trinajstić information content (AvgIpc) is 2.04. The predicted molar refractivity (Wildman–Crippen MR) is 45.9 cm³/mol. The van der Waals surface area contributed by atoms with Gasteiger partial charge in [0.15, 0.2) is 0 Å². The van der Waals surface area contributed by atoms with Gasteiger partial charge in [0.25, 0.3) is 0 Å². The van der Waals surface area contributed by atoms with E-state index in [1.807, 2.05) is 0 Å². The molecule has 0 atom stereocenters. The number of aliphatic hydroxyl groups excluding tert-OH is 3. The van der Waals surface area contributed by atoms with Gasteiger partial charge in [0, 0.05) is 0 Å². The quantitative estimate of drug-likeness (QED) is 0.290. The Balaban J connectivity index is 0. The van der Waals surface area contributed by atoms with E-state index < -0.39 is 12.1 Å². The summed E-state index contributed by atoms with van der Waals surface area (Å²) in [5, 5.41) is 31.8. The van der Waals surface area contributed by atoms with E-state index in [2.05, 4.69) is 19.2 Å². The first kappa shape index (κ1) is 14.0. The Morgan fingerprint density at radius 2 is 1.67 bits per heavy atom. The second-order valence-corrected chi connectivity index (χ2v) is 2.31. The summed E-state index contributed by atoms with van der Waals surface area (Å²) >= 11 is 3.40. The van der Waals surface area contributed by atoms with Gasteiger partial charge >= 0.3 is 5.97 Å². The lowest BCUT2D eigenvalue weighted by Gasteiger charge is -1.96. The minimum atomic E-state index is -1.07. The van der Waals surface area contributed by atoms with Crippen LogP contribution in [0.25, 0.3) is 0 Å². The summed E-state index contributed by atoms with van der Waals surface area (Å²) < 4.78 is 0. The molecule has 0 aromatic heterocycles. The van der Waals surface area contributed by atoms with Gasteiger partial charge < -0.3 is 20.4 Å². The molecular formula is C6H12O5S. The smallest absolute Gasteiger partial charge is 0.341 e. The van der Waals surface area contributed by atoms with E-state index in [0.717, 1.165) is 0 Å². The third-order valence-electron chi connectivity index (χ3n) is 0.668. The van der Waals surface area contributed by atoms with Crippen LogP contribution in [0, 0.1) is 0 Å². The molecule has 0 bridgehead atoms. The molecule has 0 aromatic rings. The Labute approximate surface area is 75.4 Å². The topological polar surface area (TPSA) is 98.0 Å². The van der Waals surface area contributed by atoms with Crippen molar-refractivity contribution >= 4 is 18.6 Å². The summed E-state index contributed by atoms with van der Waals surface area (Å²) in [6.45, 7) is 2.29. The highest BCUT2D eigenvalue weighted by Gasteiger charge is 1.93. The zero-order valence-corrected chi connectivity index (χ0v) is 7.24. The van der Waals surface area contributed by atoms with Crippen molar-refractivity contribution < 1.29 is 25.2 Å². The van der Waals surface area contributed by atoms with E-state index in [0.29, 0.717) is 0 Å². The van der Waals surface area contributed by atoms with Gasteiger partial charge in [-0.25, -0.2) is 4.79 Å². The van der Waals surface area contributed by atoms with Crippen LogP contribution in [0.5, 0.6) is 0 Å². The molecule has 72 valence electrons. The van der Waals surface area contributed by atoms with Crippen molar-refractivity contribution in [2.45, 2.75) is 6.10 Å². The van der Waals surface area contributed by atoms with E-state index in [9.17, 15) is 4.79 Å². The normalized spacial score (nSPS) is 8.75. The fraction of sp³-hybridized carbons (Fsp3) is 0.500. The third-order valence-corrected chi connectivity index (χ3v) is 0.860. The summed E-state index contributed by atoms with van der Waals surface area (Å²) in [5.74, 6) is -1.07. The molecule has 0 fully saturated rings. The second kappa shape index (κ2) is 8.54. The fourth-order valence-electron chi connectivity index (χ4n) is 0.0577. The molecule has 0 aliphatic carbocycles. The van der Waals surface area contributed by atoms with Crippen LogP contribution in [0.2, 0.25) is 0 Å². The molecule has 0 aromatic carbocycles. The van der Waals surface area contributed by atoms with Gasteiger partial charge in [-0.15, -0.1) is 12.6 Å². The van der Waals surface area contributed by atoms with Crippen LogP contribution in [-0.4, -0.2) is 45.7 Å². The van der Waals surface area contributed by atoms with Crippen LogP contribution < -0.4 is 0 Å². The molecule has 5 nitrogen and oxygen atoms in total. The summed E-state index contributed by atoms with van der Waals surface area (Å²) in [6, 6.07) is 0. The SMILES string of the molecule is C=C(S)C(=O)O.OCC(O)CO. The van der Waals surface area contributed by atoms with Gasteiger partial charge in [-0.05, 0) is 0 Å². The van der Waals surface area contributed by atoms with Crippen molar-refractivity contribution in [3.05, 3.63) is 11.5 Å². The largest absolute Gasteiger partial charge is 0.477 e. The van der Waals surface area contributed by atoms with Gasteiger partial charge in [0.2, 0.25) is 0 Å². The Kier molecular flexibility index (Phi) is 9.95. The van der Waals surface area contributed by atoms with E-state index in [-0.39, 0.29) is 18.1 Å². The van der Waals surface area contributed by atoms with Crippen molar-refractivity contribution in [2.75, 3.05) is 13.2 Å². The van der Waals surface area contributed by atoms with Gasteiger partial charge in [-0.3, -0.25) is 0 Å². The van der Waals surface area contributed by atoms with Crippen LogP contribution in [-0.2, 0) is 4.79 Å². The van der Waals surface area contributed by atoms with E-state index in [1.54, 1.807) is 0 Å². The Hall–Kier alpha value is -0.560. The monoisotopic (exact) mass is 196 g/mol. The number of hydrogen-bond donors (Lipinski definition) is 5. The molecule has 0 saturated heterocycles. The van der Waals surface area contributed by atoms with Crippen LogP contribution in [0.15, 0.2) is 11.5 Å². The highest BCUT2D eigenvalue weighted by molar-refractivity contribution is 7.85. The summed E-state index contributed by atoms with van der Waals surface area (Å²) in [5.41, 5.74) is 0. The third kappa shape index (κ3) is 12.1. The van der Waals surface area contributed by atoms with Crippen molar-refractivity contribution in [2.24, 2.45) is 0 Å². The Morgan fingerprint density at radius 3 is 1.67 bits per heavy atom. The highest BCUT2D eigenvalue weighted by atomic mass is 32.1. The number of carboxylic acids is 1. The lowest BCUT2D eigenvalue weighted by atomic mass is 10.4. The molecule has 0 saturated carbocycles. The van der Waals surface area contributed by atoms with E-state index in [1.165, 1.54) is 0 Å². The minimum Gasteiger partial charge on any atom is -0.477 e. The molecule has 6 heteroatoms. The second-order valence-electron chi connectivity index (χ2n) is 1.77. The van der Waals surface area contributed by atoms with Gasteiger partial charge in [0.05, 0.1) is 18.1 Å². The number of aliphatic carboxylic acids is 1. The molecule has 0 rings (SSSR count). The number of rotatable bonds is 3. The molecule has 0 aliphatic heterocycles. The maximum Gasteiger partial charge on any atom is 0.341 e. The number of carboxylic acid groups (broad SMARTS) is 1. The molecule has 0 aliphatic rings. The van der Waals surface area contributed by atoms with Crippen LogP contribution in [0.3, 0.4) is 0 Å². The van der Waals surface area contributed by atoms with Gasteiger partial charge in [-0.1, -0.05) is 6.58 Å². The molecule has 0 amide bonds. The van der Waals surface area contributed by atoms with Crippen molar-refractivity contribution in [1.82, 2.24) is 0 Å². The summed E-state index contributed by atoms with van der Waals surface area (Å²) in [7, 11) is 0. The molecule has 0 spiro atoms. The Bertz CT molecular complexity index is 131. The van der Waals surface area contributed by atoms with Crippen LogP contribution >= 0.6 is 12.6 Å². The maximum absolute atomic E-state index is 9.52. The Morgan fingerprint density at radius 1 is 1.42 bits per heavy atom. The number of hydrogen-bond acceptors (Lipinski definition) is 5. The molecular weight excluding hydrogens is 184 g/mol. The standard InChI is InChI=1S/C3H8O3.C3H4O2S/c4-1-3(6)2-5;1-2(6)3(4)5/h3-6H,1-2H2;6H,1H2,(H,4,5). The predicted octanol–water partition coefficient (Wildman–Crippen LogP) is -1.15. The molecule has 12 heavy (non-hydrogen) atoms. The summed E-state index contributed by atoms with van der Waals surface area (Å²) in [4.78, 5) is 9.39. The minimum absolute atomic E-state index is 0.130. The van der Waals surface area contributed by atoms with Crippen LogP contribution in [0.4, 0.5) is 0 Å². The van der Waals surface area contributed by atoms with Crippen LogP contribution in [0.1, 0.15) is 0 Å². The first-order valence-corrected chi connectivity index (χ1v) is 3.41. The zero-order valence-electron chi connectivity index (χ0n) is 6.34. The molecule has 0 unspecified atom stereocenters. The van der Waals surface area contributed by atoms with Gasteiger partial charge in [-0.2, -0.15) is 0 Å². The first-order valence-electron chi connectivity index (χ1n) is 2.96. The van der Waals surface area contributed by atoms with Gasteiger partial charge in [0.1, 0.15) is 6.10 Å². The number of aliphatic hydroxyl groups is 3. The maximum atomic E-state index is 9.52. The highest BCUT2D eigenvalue weighted by Crippen LogP contribution is 1.91. The lowest BCUT2D eigenvalue weighted by Crippen LogP contribution is -2.15. The molecule has 0 radical (unpaired) electrons.